The molecule has 2 atom stereocenters. The van der Waals surface area contributed by atoms with Crippen LogP contribution in [0.2, 0.25) is 0 Å². The average Bonchev–Trinajstić information content (AvgIpc) is 2.65. The summed E-state index contributed by atoms with van der Waals surface area (Å²) in [5.74, 6) is -0.405. The van der Waals surface area contributed by atoms with Crippen molar-refractivity contribution in [3.8, 4) is 0 Å². The maximum atomic E-state index is 11.8. The highest BCUT2D eigenvalue weighted by molar-refractivity contribution is 5.80. The molecule has 0 saturated carbocycles. The minimum Gasteiger partial charge on any atom is -0.465 e. The lowest BCUT2D eigenvalue weighted by Crippen LogP contribution is -2.50. The lowest BCUT2D eigenvalue weighted by atomic mass is 10.2. The first-order valence-corrected chi connectivity index (χ1v) is 6.03. The number of hydrogen-bond acceptors (Lipinski definition) is 4. The summed E-state index contributed by atoms with van der Waals surface area (Å²) in [4.78, 5) is 24.6. The number of urea groups is 1. The SMILES string of the molecule is CCOC(=O)CNC(=O)N1CC2CCC(C1)O2. The molecule has 0 radical (unpaired) electrons. The second-order valence-corrected chi connectivity index (χ2v) is 4.33. The monoisotopic (exact) mass is 242 g/mol. The highest BCUT2D eigenvalue weighted by Crippen LogP contribution is 2.25. The summed E-state index contributed by atoms with van der Waals surface area (Å²) in [7, 11) is 0. The fourth-order valence-electron chi connectivity index (χ4n) is 2.25. The van der Waals surface area contributed by atoms with Crippen molar-refractivity contribution >= 4 is 12.0 Å². The van der Waals surface area contributed by atoms with E-state index in [1.165, 1.54) is 0 Å². The Labute approximate surface area is 100 Å². The van der Waals surface area contributed by atoms with E-state index in [0.717, 1.165) is 12.8 Å². The molecule has 96 valence electrons. The van der Waals surface area contributed by atoms with Gasteiger partial charge >= 0.3 is 12.0 Å². The number of hydrogen-bond donors (Lipinski definition) is 1. The van der Waals surface area contributed by atoms with Crippen molar-refractivity contribution in [1.82, 2.24) is 10.2 Å². The number of fused-ring (bicyclic) bond motifs is 2. The largest absolute Gasteiger partial charge is 0.465 e. The molecule has 17 heavy (non-hydrogen) atoms. The van der Waals surface area contributed by atoms with Gasteiger partial charge in [0.1, 0.15) is 6.54 Å². The number of ether oxygens (including phenoxy) is 2. The highest BCUT2D eigenvalue weighted by atomic mass is 16.5. The van der Waals surface area contributed by atoms with E-state index in [9.17, 15) is 9.59 Å². The number of likely N-dealkylation sites (tertiary alicyclic amines) is 1. The topological polar surface area (TPSA) is 67.9 Å². The molecule has 2 saturated heterocycles. The molecule has 2 unspecified atom stereocenters. The maximum Gasteiger partial charge on any atom is 0.325 e. The molecule has 1 N–H and O–H groups in total. The molecule has 0 aromatic heterocycles. The van der Waals surface area contributed by atoms with Crippen molar-refractivity contribution in [2.24, 2.45) is 0 Å². The van der Waals surface area contributed by atoms with Crippen LogP contribution in [-0.4, -0.2) is 55.3 Å². The number of morpholine rings is 1. The van der Waals surface area contributed by atoms with E-state index < -0.39 is 5.97 Å². The van der Waals surface area contributed by atoms with Gasteiger partial charge in [-0.25, -0.2) is 4.79 Å². The van der Waals surface area contributed by atoms with E-state index in [-0.39, 0.29) is 24.8 Å². The van der Waals surface area contributed by atoms with Crippen molar-refractivity contribution in [3.63, 3.8) is 0 Å². The lowest BCUT2D eigenvalue weighted by molar-refractivity contribution is -0.141. The lowest BCUT2D eigenvalue weighted by Gasteiger charge is -2.31. The fourth-order valence-corrected chi connectivity index (χ4v) is 2.25. The minimum atomic E-state index is -0.405. The maximum absolute atomic E-state index is 11.8. The molecule has 2 rings (SSSR count). The van der Waals surface area contributed by atoms with Gasteiger partial charge in [-0.15, -0.1) is 0 Å². The zero-order valence-electron chi connectivity index (χ0n) is 9.98. The molecule has 0 aromatic rings. The van der Waals surface area contributed by atoms with Crippen LogP contribution < -0.4 is 5.32 Å². The zero-order chi connectivity index (χ0) is 12.3. The molecule has 2 bridgehead atoms. The van der Waals surface area contributed by atoms with Crippen molar-refractivity contribution in [2.75, 3.05) is 26.2 Å². The van der Waals surface area contributed by atoms with Gasteiger partial charge in [-0.1, -0.05) is 0 Å². The quantitative estimate of drug-likeness (QED) is 0.714. The molecular formula is C11H18N2O4. The van der Waals surface area contributed by atoms with Crippen molar-refractivity contribution in [2.45, 2.75) is 32.0 Å². The van der Waals surface area contributed by atoms with E-state index in [0.29, 0.717) is 19.7 Å². The second-order valence-electron chi connectivity index (χ2n) is 4.33. The third-order valence-corrected chi connectivity index (χ3v) is 3.02. The number of nitrogens with one attached hydrogen (secondary N) is 1. The number of amides is 2. The normalized spacial score (nSPS) is 26.8. The molecule has 2 aliphatic rings. The first kappa shape index (κ1) is 12.2. The summed E-state index contributed by atoms with van der Waals surface area (Å²) in [6.45, 7) is 3.23. The first-order chi connectivity index (χ1) is 8.19. The van der Waals surface area contributed by atoms with Crippen LogP contribution in [0, 0.1) is 0 Å². The van der Waals surface area contributed by atoms with Crippen LogP contribution in [0.15, 0.2) is 0 Å². The summed E-state index contributed by atoms with van der Waals surface area (Å²) in [6, 6.07) is -0.210. The molecule has 2 aliphatic heterocycles. The van der Waals surface area contributed by atoms with Gasteiger partial charge in [0.2, 0.25) is 0 Å². The van der Waals surface area contributed by atoms with Gasteiger partial charge in [-0.2, -0.15) is 0 Å². The molecule has 6 heteroatoms. The Morgan fingerprint density at radius 2 is 2.00 bits per heavy atom. The smallest absolute Gasteiger partial charge is 0.325 e. The third-order valence-electron chi connectivity index (χ3n) is 3.02. The summed E-state index contributed by atoms with van der Waals surface area (Å²) in [5, 5.41) is 2.56. The number of rotatable bonds is 3. The molecule has 0 aliphatic carbocycles. The summed E-state index contributed by atoms with van der Waals surface area (Å²) in [5.41, 5.74) is 0. The van der Waals surface area contributed by atoms with Crippen LogP contribution in [0.1, 0.15) is 19.8 Å². The van der Waals surface area contributed by atoms with E-state index >= 15 is 0 Å². The van der Waals surface area contributed by atoms with Crippen LogP contribution in [-0.2, 0) is 14.3 Å². The van der Waals surface area contributed by atoms with Crippen LogP contribution in [0.5, 0.6) is 0 Å². The Kier molecular flexibility index (Phi) is 3.83. The van der Waals surface area contributed by atoms with Gasteiger partial charge < -0.3 is 19.7 Å². The molecule has 2 heterocycles. The van der Waals surface area contributed by atoms with E-state index in [1.807, 2.05) is 0 Å². The third kappa shape index (κ3) is 3.09. The van der Waals surface area contributed by atoms with Crippen LogP contribution in [0.4, 0.5) is 4.79 Å². The Morgan fingerprint density at radius 3 is 2.59 bits per heavy atom. The van der Waals surface area contributed by atoms with Gasteiger partial charge in [0.05, 0.1) is 18.8 Å². The van der Waals surface area contributed by atoms with Crippen molar-refractivity contribution < 1.29 is 19.1 Å². The van der Waals surface area contributed by atoms with Gasteiger partial charge in [0.15, 0.2) is 0 Å². The zero-order valence-corrected chi connectivity index (χ0v) is 9.98. The Bertz CT molecular complexity index is 296. The van der Waals surface area contributed by atoms with E-state index in [4.69, 9.17) is 9.47 Å². The van der Waals surface area contributed by atoms with E-state index in [2.05, 4.69) is 5.32 Å². The molecule has 6 nitrogen and oxygen atoms in total. The fraction of sp³-hybridized carbons (Fsp3) is 0.818. The van der Waals surface area contributed by atoms with Gasteiger partial charge in [-0.05, 0) is 19.8 Å². The van der Waals surface area contributed by atoms with Crippen molar-refractivity contribution in [1.29, 1.82) is 0 Å². The molecule has 2 fully saturated rings. The molecule has 2 amide bonds. The Hall–Kier alpha value is -1.30. The number of carbonyl (C=O) groups excluding carboxylic acids is 2. The Morgan fingerprint density at radius 1 is 1.35 bits per heavy atom. The van der Waals surface area contributed by atoms with Crippen LogP contribution in [0.3, 0.4) is 0 Å². The summed E-state index contributed by atoms with van der Waals surface area (Å²) >= 11 is 0. The van der Waals surface area contributed by atoms with Crippen LogP contribution >= 0.6 is 0 Å². The predicted octanol–water partition coefficient (Wildman–Crippen LogP) is 0.122. The molecule has 0 aromatic carbocycles. The minimum absolute atomic E-state index is 0.0701. The standard InChI is InChI=1S/C11H18N2O4/c1-2-16-10(14)5-12-11(15)13-6-8-3-4-9(7-13)17-8/h8-9H,2-7H2,1H3,(H,12,15). The highest BCUT2D eigenvalue weighted by Gasteiger charge is 2.35. The molecular weight excluding hydrogens is 224 g/mol. The average molecular weight is 242 g/mol. The van der Waals surface area contributed by atoms with Gasteiger partial charge in [0, 0.05) is 13.1 Å². The van der Waals surface area contributed by atoms with Gasteiger partial charge in [0.25, 0.3) is 0 Å². The number of esters is 1. The van der Waals surface area contributed by atoms with E-state index in [1.54, 1.807) is 11.8 Å². The van der Waals surface area contributed by atoms with Crippen molar-refractivity contribution in [3.05, 3.63) is 0 Å². The Balaban J connectivity index is 1.74. The second kappa shape index (κ2) is 5.35. The predicted molar refractivity (Wildman–Crippen MR) is 59.5 cm³/mol. The molecule has 0 spiro atoms. The van der Waals surface area contributed by atoms with Gasteiger partial charge in [-0.3, -0.25) is 4.79 Å². The number of nitrogens with zero attached hydrogens (tertiary/aromatic N) is 1. The first-order valence-electron chi connectivity index (χ1n) is 6.03. The van der Waals surface area contributed by atoms with Crippen LogP contribution in [0.25, 0.3) is 0 Å². The number of carbonyl (C=O) groups is 2. The summed E-state index contributed by atoms with van der Waals surface area (Å²) < 4.78 is 10.4. The summed E-state index contributed by atoms with van der Waals surface area (Å²) in [6.07, 6.45) is 2.38.